The van der Waals surface area contributed by atoms with Gasteiger partial charge in [-0.15, -0.1) is 0 Å². The van der Waals surface area contributed by atoms with Gasteiger partial charge in [-0.1, -0.05) is 0 Å². The monoisotopic (exact) mass is 284 g/mol. The third-order valence-corrected chi connectivity index (χ3v) is 2.61. The average Bonchev–Trinajstić information content (AvgIpc) is 2.38. The summed E-state index contributed by atoms with van der Waals surface area (Å²) in [4.78, 5) is 16.3. The summed E-state index contributed by atoms with van der Waals surface area (Å²) in [6.45, 7) is 2.93. The second-order valence-electron chi connectivity index (χ2n) is 4.32. The van der Waals surface area contributed by atoms with Crippen molar-refractivity contribution in [1.29, 1.82) is 0 Å². The van der Waals surface area contributed by atoms with Crippen molar-refractivity contribution in [2.45, 2.75) is 13.0 Å². The molecule has 20 heavy (non-hydrogen) atoms. The normalized spacial score (nSPS) is 12.0. The van der Waals surface area contributed by atoms with Crippen molar-refractivity contribution in [2.24, 2.45) is 0 Å². The van der Waals surface area contributed by atoms with Crippen molar-refractivity contribution in [2.75, 3.05) is 44.1 Å². The van der Waals surface area contributed by atoms with Crippen molar-refractivity contribution in [1.82, 2.24) is 4.98 Å². The smallest absolute Gasteiger partial charge is 0.311 e. The lowest BCUT2D eigenvalue weighted by atomic mass is 10.3. The fraction of sp³-hybridized carbons (Fsp3) is 0.583. The van der Waals surface area contributed by atoms with E-state index in [1.807, 2.05) is 6.92 Å². The van der Waals surface area contributed by atoms with Crippen LogP contribution in [0.1, 0.15) is 6.92 Å². The first-order valence-corrected chi connectivity index (χ1v) is 6.27. The summed E-state index contributed by atoms with van der Waals surface area (Å²) in [5.74, 6) is 0.768. The summed E-state index contributed by atoms with van der Waals surface area (Å²) < 4.78 is 4.84. The highest BCUT2D eigenvalue weighted by molar-refractivity contribution is 5.61. The highest BCUT2D eigenvalue weighted by Crippen LogP contribution is 2.26. The van der Waals surface area contributed by atoms with Gasteiger partial charge < -0.3 is 20.1 Å². The van der Waals surface area contributed by atoms with E-state index < -0.39 is 11.0 Å². The van der Waals surface area contributed by atoms with E-state index in [1.165, 1.54) is 13.2 Å². The second-order valence-corrected chi connectivity index (χ2v) is 4.32. The van der Waals surface area contributed by atoms with Crippen LogP contribution in [0, 0.1) is 10.1 Å². The standard InChI is InChI=1S/C12H20N4O4/c1-4-13-11-6-5-10(16(18)19)12(14-11)15(2)7-9(17)8-20-3/h5-6,9,17H,4,7-8H2,1-3H3,(H,13,14). The first kappa shape index (κ1) is 16.1. The summed E-state index contributed by atoms with van der Waals surface area (Å²) in [5.41, 5.74) is -0.0984. The van der Waals surface area contributed by atoms with E-state index in [2.05, 4.69) is 10.3 Å². The zero-order chi connectivity index (χ0) is 15.1. The Bertz CT molecular complexity index is 455. The number of likely N-dealkylation sites (N-methyl/N-ethyl adjacent to an activating group) is 1. The summed E-state index contributed by atoms with van der Waals surface area (Å²) in [6.07, 6.45) is -0.741. The molecule has 2 N–H and O–H groups in total. The predicted octanol–water partition coefficient (Wildman–Crippen LogP) is 0.865. The minimum Gasteiger partial charge on any atom is -0.389 e. The van der Waals surface area contributed by atoms with Crippen molar-refractivity contribution in [3.8, 4) is 0 Å². The van der Waals surface area contributed by atoms with Crippen LogP contribution in [0.25, 0.3) is 0 Å². The fourth-order valence-electron chi connectivity index (χ4n) is 1.79. The maximum absolute atomic E-state index is 11.0. The molecule has 0 bridgehead atoms. The Labute approximate surface area is 117 Å². The molecular weight excluding hydrogens is 264 g/mol. The maximum atomic E-state index is 11.0. The third kappa shape index (κ3) is 4.32. The van der Waals surface area contributed by atoms with Gasteiger partial charge >= 0.3 is 5.69 Å². The third-order valence-electron chi connectivity index (χ3n) is 2.61. The Balaban J connectivity index is 2.98. The SMILES string of the molecule is CCNc1ccc([N+](=O)[O-])c(N(C)CC(O)COC)n1. The zero-order valence-electron chi connectivity index (χ0n) is 11.9. The number of nitrogens with zero attached hydrogens (tertiary/aromatic N) is 3. The molecule has 0 aliphatic rings. The maximum Gasteiger partial charge on any atom is 0.311 e. The van der Waals surface area contributed by atoms with E-state index >= 15 is 0 Å². The molecule has 1 unspecified atom stereocenters. The van der Waals surface area contributed by atoms with E-state index in [-0.39, 0.29) is 24.7 Å². The molecule has 1 aromatic heterocycles. The number of methoxy groups -OCH3 is 1. The fourth-order valence-corrected chi connectivity index (χ4v) is 1.79. The number of hydrogen-bond acceptors (Lipinski definition) is 7. The lowest BCUT2D eigenvalue weighted by Gasteiger charge is -2.21. The number of nitrogens with one attached hydrogen (secondary N) is 1. The van der Waals surface area contributed by atoms with Crippen LogP contribution in [-0.2, 0) is 4.74 Å². The van der Waals surface area contributed by atoms with Gasteiger partial charge in [0.1, 0.15) is 5.82 Å². The Hall–Kier alpha value is -1.93. The molecule has 0 amide bonds. The van der Waals surface area contributed by atoms with E-state index in [4.69, 9.17) is 4.74 Å². The van der Waals surface area contributed by atoms with Gasteiger partial charge in [0, 0.05) is 33.3 Å². The van der Waals surface area contributed by atoms with E-state index in [0.29, 0.717) is 12.4 Å². The van der Waals surface area contributed by atoms with Gasteiger partial charge in [-0.3, -0.25) is 10.1 Å². The van der Waals surface area contributed by atoms with Gasteiger partial charge in [0.25, 0.3) is 0 Å². The quantitative estimate of drug-likeness (QED) is 0.539. The highest BCUT2D eigenvalue weighted by atomic mass is 16.6. The number of aromatic nitrogens is 1. The first-order valence-electron chi connectivity index (χ1n) is 6.27. The minimum absolute atomic E-state index is 0.0984. The number of hydrogen-bond donors (Lipinski definition) is 2. The van der Waals surface area contributed by atoms with Gasteiger partial charge in [0.05, 0.1) is 17.6 Å². The molecular formula is C12H20N4O4. The number of aliphatic hydroxyl groups excluding tert-OH is 1. The molecule has 1 atom stereocenters. The molecule has 0 spiro atoms. The van der Waals surface area contributed by atoms with Crippen LogP contribution in [0.5, 0.6) is 0 Å². The largest absolute Gasteiger partial charge is 0.389 e. The van der Waals surface area contributed by atoms with Crippen LogP contribution in [-0.4, -0.2) is 55.0 Å². The lowest BCUT2D eigenvalue weighted by Crippen LogP contribution is -2.32. The van der Waals surface area contributed by atoms with Crippen LogP contribution < -0.4 is 10.2 Å². The number of pyridine rings is 1. The van der Waals surface area contributed by atoms with Crippen LogP contribution in [0.15, 0.2) is 12.1 Å². The van der Waals surface area contributed by atoms with Gasteiger partial charge in [-0.25, -0.2) is 4.98 Å². The Kier molecular flexibility index (Phi) is 6.13. The van der Waals surface area contributed by atoms with Gasteiger partial charge in [-0.05, 0) is 13.0 Å². The summed E-state index contributed by atoms with van der Waals surface area (Å²) in [5, 5.41) is 23.7. The van der Waals surface area contributed by atoms with Crippen molar-refractivity contribution >= 4 is 17.3 Å². The molecule has 112 valence electrons. The minimum atomic E-state index is -0.741. The second kappa shape index (κ2) is 7.61. The number of rotatable bonds is 8. The van der Waals surface area contributed by atoms with Crippen LogP contribution in [0.3, 0.4) is 0 Å². The topological polar surface area (TPSA) is 101 Å². The number of aliphatic hydroxyl groups is 1. The van der Waals surface area contributed by atoms with Gasteiger partial charge in [-0.2, -0.15) is 0 Å². The Morgan fingerprint density at radius 1 is 1.60 bits per heavy atom. The van der Waals surface area contributed by atoms with Gasteiger partial charge in [0.15, 0.2) is 0 Å². The summed E-state index contributed by atoms with van der Waals surface area (Å²) in [7, 11) is 3.12. The average molecular weight is 284 g/mol. The summed E-state index contributed by atoms with van der Waals surface area (Å²) >= 11 is 0. The van der Waals surface area contributed by atoms with Crippen molar-refractivity contribution in [3.63, 3.8) is 0 Å². The highest BCUT2D eigenvalue weighted by Gasteiger charge is 2.21. The molecule has 8 nitrogen and oxygen atoms in total. The molecule has 0 saturated carbocycles. The van der Waals surface area contributed by atoms with E-state index in [9.17, 15) is 15.2 Å². The van der Waals surface area contributed by atoms with Crippen molar-refractivity contribution in [3.05, 3.63) is 22.2 Å². The molecule has 8 heteroatoms. The van der Waals surface area contributed by atoms with Crippen molar-refractivity contribution < 1.29 is 14.8 Å². The van der Waals surface area contributed by atoms with Crippen LogP contribution >= 0.6 is 0 Å². The molecule has 1 heterocycles. The molecule has 0 aliphatic heterocycles. The zero-order valence-corrected chi connectivity index (χ0v) is 11.9. The number of nitro groups is 1. The van der Waals surface area contributed by atoms with E-state index in [0.717, 1.165) is 0 Å². The first-order chi connectivity index (χ1) is 9.49. The molecule has 0 fully saturated rings. The molecule has 0 aliphatic carbocycles. The van der Waals surface area contributed by atoms with Crippen LogP contribution in [0.4, 0.5) is 17.3 Å². The predicted molar refractivity (Wildman–Crippen MR) is 76.2 cm³/mol. The van der Waals surface area contributed by atoms with Crippen LogP contribution in [0.2, 0.25) is 0 Å². The number of anilines is 2. The molecule has 0 aromatic carbocycles. The van der Waals surface area contributed by atoms with E-state index in [1.54, 1.807) is 18.0 Å². The molecule has 1 aromatic rings. The van der Waals surface area contributed by atoms with Gasteiger partial charge in [0.2, 0.25) is 5.82 Å². The Morgan fingerprint density at radius 3 is 2.85 bits per heavy atom. The lowest BCUT2D eigenvalue weighted by molar-refractivity contribution is -0.384. The Morgan fingerprint density at radius 2 is 2.30 bits per heavy atom. The summed E-state index contributed by atoms with van der Waals surface area (Å²) in [6, 6.07) is 2.96. The number of ether oxygens (including phenoxy) is 1. The molecule has 0 radical (unpaired) electrons. The molecule has 1 rings (SSSR count). The molecule has 0 saturated heterocycles.